The third kappa shape index (κ3) is 10.4. The Morgan fingerprint density at radius 1 is 0.725 bits per heavy atom. The van der Waals surface area contributed by atoms with Crippen LogP contribution < -0.4 is 11.5 Å². The lowest BCUT2D eigenvalue weighted by atomic mass is 9.97. The summed E-state index contributed by atoms with van der Waals surface area (Å²) in [4.78, 5) is 68.1. The van der Waals surface area contributed by atoms with Crippen molar-refractivity contribution in [3.63, 3.8) is 0 Å². The molecule has 4 unspecified atom stereocenters. The molecule has 2 rings (SSSR count). The number of hydrogen-bond donors (Lipinski definition) is 4. The van der Waals surface area contributed by atoms with E-state index in [1.807, 2.05) is 0 Å². The second kappa shape index (κ2) is 16.3. The fourth-order valence-corrected chi connectivity index (χ4v) is 3.82. The van der Waals surface area contributed by atoms with Crippen molar-refractivity contribution < 1.29 is 43.7 Å². The maximum atomic E-state index is 12.0. The molecule has 40 heavy (non-hydrogen) atoms. The SMILES string of the molecule is COC(=O)C(C)C(=O)c1ccc(CC(N)C(=O)O)cc1.CSC(=O)C(C)C(=O)c1ccc(CC(N)C(=O)O)cc1. The van der Waals surface area contributed by atoms with Gasteiger partial charge in [0.1, 0.15) is 18.0 Å². The van der Waals surface area contributed by atoms with E-state index in [0.717, 1.165) is 17.3 Å². The topological polar surface area (TPSA) is 204 Å². The molecular formula is C28H34N2O9S. The van der Waals surface area contributed by atoms with Crippen molar-refractivity contribution in [2.45, 2.75) is 38.8 Å². The molecule has 2 aromatic carbocycles. The first-order valence-electron chi connectivity index (χ1n) is 12.1. The average molecular weight is 575 g/mol. The van der Waals surface area contributed by atoms with Crippen molar-refractivity contribution in [3.8, 4) is 0 Å². The number of hydrogen-bond acceptors (Lipinski definition) is 10. The number of benzene rings is 2. The Morgan fingerprint density at radius 3 is 1.38 bits per heavy atom. The standard InChI is InChI=1S/C14H17NO5.C14H17NO4S/c2*1-8(14(19)20-2)12(16)10-5-3-9(4-6-10)7-11(15)13(17)18/h2*3-6,8,11H,7,15H2,1-2H3,(H,17,18). The zero-order valence-corrected chi connectivity index (χ0v) is 23.5. The Kier molecular flexibility index (Phi) is 13.9. The molecule has 0 spiro atoms. The van der Waals surface area contributed by atoms with Crippen molar-refractivity contribution >= 4 is 46.4 Å². The van der Waals surface area contributed by atoms with Crippen molar-refractivity contribution in [1.29, 1.82) is 0 Å². The number of carboxylic acid groups (broad SMARTS) is 2. The normalized spacial score (nSPS) is 13.4. The second-order valence-corrected chi connectivity index (χ2v) is 9.72. The van der Waals surface area contributed by atoms with Gasteiger partial charge in [-0.15, -0.1) is 0 Å². The van der Waals surface area contributed by atoms with Gasteiger partial charge in [0.25, 0.3) is 0 Å². The minimum Gasteiger partial charge on any atom is -0.480 e. The second-order valence-electron chi connectivity index (χ2n) is 8.91. The zero-order valence-electron chi connectivity index (χ0n) is 22.7. The number of rotatable bonds is 12. The summed E-state index contributed by atoms with van der Waals surface area (Å²) in [6, 6.07) is 10.9. The van der Waals surface area contributed by atoms with E-state index in [0.29, 0.717) is 16.7 Å². The van der Waals surface area contributed by atoms with Gasteiger partial charge in [0.05, 0.1) is 13.0 Å². The molecule has 2 aromatic rings. The van der Waals surface area contributed by atoms with Crippen molar-refractivity contribution in [3.05, 3.63) is 70.8 Å². The lowest BCUT2D eigenvalue weighted by Crippen LogP contribution is -2.32. The van der Waals surface area contributed by atoms with E-state index >= 15 is 0 Å². The summed E-state index contributed by atoms with van der Waals surface area (Å²) in [5.74, 6) is -4.87. The summed E-state index contributed by atoms with van der Waals surface area (Å²) in [5, 5.41) is 17.3. The Morgan fingerprint density at radius 2 is 1.07 bits per heavy atom. The fraction of sp³-hybridized carbons (Fsp3) is 0.357. The van der Waals surface area contributed by atoms with Crippen LogP contribution in [0.3, 0.4) is 0 Å². The molecule has 0 aliphatic rings. The van der Waals surface area contributed by atoms with Crippen LogP contribution in [0, 0.1) is 11.8 Å². The van der Waals surface area contributed by atoms with E-state index in [4.69, 9.17) is 21.7 Å². The van der Waals surface area contributed by atoms with Crippen LogP contribution in [0.4, 0.5) is 0 Å². The van der Waals surface area contributed by atoms with Gasteiger partial charge in [-0.2, -0.15) is 0 Å². The number of esters is 1. The molecule has 0 aliphatic carbocycles. The number of carbonyl (C=O) groups excluding carboxylic acids is 4. The van der Waals surface area contributed by atoms with Gasteiger partial charge in [0.2, 0.25) is 0 Å². The summed E-state index contributed by atoms with van der Waals surface area (Å²) in [7, 11) is 1.22. The van der Waals surface area contributed by atoms with Gasteiger partial charge in [0, 0.05) is 11.1 Å². The first-order valence-corrected chi connectivity index (χ1v) is 13.3. The van der Waals surface area contributed by atoms with E-state index in [1.54, 1.807) is 61.7 Å². The monoisotopic (exact) mass is 574 g/mol. The Bertz CT molecular complexity index is 1120. The van der Waals surface area contributed by atoms with Crippen LogP contribution in [0.2, 0.25) is 0 Å². The molecule has 0 aliphatic heterocycles. The van der Waals surface area contributed by atoms with E-state index in [1.165, 1.54) is 14.0 Å². The Hall–Kier alpha value is -3.87. The lowest BCUT2D eigenvalue weighted by molar-refractivity contribution is -0.143. The van der Waals surface area contributed by atoms with Gasteiger partial charge in [-0.25, -0.2) is 0 Å². The van der Waals surface area contributed by atoms with E-state index in [9.17, 15) is 28.8 Å². The highest BCUT2D eigenvalue weighted by molar-refractivity contribution is 8.13. The van der Waals surface area contributed by atoms with Gasteiger partial charge >= 0.3 is 17.9 Å². The summed E-state index contributed by atoms with van der Waals surface area (Å²) >= 11 is 1.03. The van der Waals surface area contributed by atoms with Crippen molar-refractivity contribution in [2.75, 3.05) is 13.4 Å². The molecule has 11 nitrogen and oxygen atoms in total. The van der Waals surface area contributed by atoms with Crippen LogP contribution in [0.1, 0.15) is 45.7 Å². The molecule has 0 aromatic heterocycles. The third-order valence-corrected chi connectivity index (χ3v) is 6.67. The molecule has 6 N–H and O–H groups in total. The first-order chi connectivity index (χ1) is 18.7. The maximum absolute atomic E-state index is 12.0. The Balaban J connectivity index is 0.000000400. The van der Waals surface area contributed by atoms with E-state index in [2.05, 4.69) is 4.74 Å². The van der Waals surface area contributed by atoms with Crippen molar-refractivity contribution in [1.82, 2.24) is 0 Å². The minimum atomic E-state index is -1.08. The summed E-state index contributed by atoms with van der Waals surface area (Å²) < 4.78 is 4.52. The molecular weight excluding hydrogens is 540 g/mol. The van der Waals surface area contributed by atoms with Gasteiger partial charge in [-0.1, -0.05) is 60.3 Å². The largest absolute Gasteiger partial charge is 0.480 e. The lowest BCUT2D eigenvalue weighted by Gasteiger charge is -2.10. The Labute approximate surface area is 236 Å². The molecule has 216 valence electrons. The molecule has 0 saturated heterocycles. The fourth-order valence-electron chi connectivity index (χ4n) is 3.36. The highest BCUT2D eigenvalue weighted by Gasteiger charge is 2.24. The molecule has 0 heterocycles. The molecule has 0 amide bonds. The average Bonchev–Trinajstić information content (AvgIpc) is 2.95. The number of thioether (sulfide) groups is 1. The van der Waals surface area contributed by atoms with Crippen LogP contribution in [0.25, 0.3) is 0 Å². The summed E-state index contributed by atoms with van der Waals surface area (Å²) in [5.41, 5.74) is 13.1. The summed E-state index contributed by atoms with van der Waals surface area (Å²) in [6.07, 6.45) is 2.02. The minimum absolute atomic E-state index is 0.174. The number of carbonyl (C=O) groups is 6. The van der Waals surface area contributed by atoms with Gasteiger partial charge in [0.15, 0.2) is 16.7 Å². The molecule has 0 bridgehead atoms. The van der Waals surface area contributed by atoms with Crippen LogP contribution in [-0.4, -0.2) is 70.3 Å². The number of ether oxygens (including phenoxy) is 1. The predicted molar refractivity (Wildman–Crippen MR) is 149 cm³/mol. The van der Waals surface area contributed by atoms with Crippen LogP contribution in [0.15, 0.2) is 48.5 Å². The number of aliphatic carboxylic acids is 2. The van der Waals surface area contributed by atoms with Gasteiger partial charge in [-0.3, -0.25) is 28.8 Å². The molecule has 0 fully saturated rings. The number of Topliss-reactive ketones (excluding diaryl/α,β-unsaturated/α-hetero) is 2. The van der Waals surface area contributed by atoms with Crippen molar-refractivity contribution in [2.24, 2.45) is 23.3 Å². The molecule has 4 atom stereocenters. The number of methoxy groups -OCH3 is 1. The summed E-state index contributed by atoms with van der Waals surface area (Å²) in [6.45, 7) is 3.05. The molecule has 12 heteroatoms. The van der Waals surface area contributed by atoms with Crippen LogP contribution in [-0.2, 0) is 36.8 Å². The molecule has 0 radical (unpaired) electrons. The number of ketones is 2. The quantitative estimate of drug-likeness (QED) is 0.163. The maximum Gasteiger partial charge on any atom is 0.320 e. The smallest absolute Gasteiger partial charge is 0.320 e. The van der Waals surface area contributed by atoms with Crippen LogP contribution >= 0.6 is 11.8 Å². The highest BCUT2D eigenvalue weighted by Crippen LogP contribution is 2.16. The third-order valence-electron chi connectivity index (χ3n) is 5.92. The van der Waals surface area contributed by atoms with Gasteiger partial charge in [-0.05, 0) is 44.1 Å². The zero-order chi connectivity index (χ0) is 30.6. The highest BCUT2D eigenvalue weighted by atomic mass is 32.2. The van der Waals surface area contributed by atoms with E-state index < -0.39 is 41.8 Å². The number of carboxylic acids is 2. The first kappa shape index (κ1) is 34.2. The van der Waals surface area contributed by atoms with Gasteiger partial charge < -0.3 is 26.4 Å². The van der Waals surface area contributed by atoms with E-state index in [-0.39, 0.29) is 29.5 Å². The number of nitrogens with two attached hydrogens (primary N) is 2. The molecule has 0 saturated carbocycles. The predicted octanol–water partition coefficient (Wildman–Crippen LogP) is 1.98. The van der Waals surface area contributed by atoms with Crippen LogP contribution in [0.5, 0.6) is 0 Å².